The van der Waals surface area contributed by atoms with Crippen LogP contribution >= 0.6 is 0 Å². The number of hydrogen-bond acceptors (Lipinski definition) is 3. The number of Topliss-reactive ketones (excluding diaryl/α,β-unsaturated/α-hetero) is 1. The molecule has 1 aromatic carbocycles. The molecule has 0 amide bonds. The first kappa shape index (κ1) is 11.4. The molecule has 0 aliphatic rings. The van der Waals surface area contributed by atoms with Gasteiger partial charge in [-0.3, -0.25) is 4.79 Å². The summed E-state index contributed by atoms with van der Waals surface area (Å²) in [5.41, 5.74) is -0.818. The van der Waals surface area contributed by atoms with E-state index in [2.05, 4.69) is 4.74 Å². The van der Waals surface area contributed by atoms with E-state index in [4.69, 9.17) is 5.11 Å². The number of carbonyl (C=O) groups is 1. The van der Waals surface area contributed by atoms with Crippen LogP contribution in [-0.4, -0.2) is 24.2 Å². The number of methoxy groups -OCH3 is 1. The zero-order valence-electron chi connectivity index (χ0n) is 7.63. The number of phenols is 1. The van der Waals surface area contributed by atoms with Crippen LogP contribution in [0.3, 0.4) is 0 Å². The summed E-state index contributed by atoms with van der Waals surface area (Å²) in [6.07, 6.45) is -5.01. The summed E-state index contributed by atoms with van der Waals surface area (Å²) < 4.78 is 40.8. The highest BCUT2D eigenvalue weighted by Gasteiger charge is 2.40. The Kier molecular flexibility index (Phi) is 2.88. The number of benzene rings is 1. The van der Waals surface area contributed by atoms with Crippen LogP contribution in [0.15, 0.2) is 18.2 Å². The van der Waals surface area contributed by atoms with E-state index in [9.17, 15) is 18.0 Å². The maximum absolute atomic E-state index is 12.0. The van der Waals surface area contributed by atoms with E-state index in [1.54, 1.807) is 0 Å². The van der Waals surface area contributed by atoms with Crippen LogP contribution in [0.25, 0.3) is 0 Å². The van der Waals surface area contributed by atoms with Gasteiger partial charge in [-0.1, -0.05) is 0 Å². The van der Waals surface area contributed by atoms with Gasteiger partial charge < -0.3 is 9.84 Å². The maximum atomic E-state index is 12.0. The minimum absolute atomic E-state index is 0.0698. The van der Waals surface area contributed by atoms with Gasteiger partial charge in [-0.25, -0.2) is 0 Å². The molecule has 15 heavy (non-hydrogen) atoms. The van der Waals surface area contributed by atoms with Crippen LogP contribution < -0.4 is 4.74 Å². The van der Waals surface area contributed by atoms with E-state index in [1.165, 1.54) is 13.2 Å². The Morgan fingerprint density at radius 3 is 2.47 bits per heavy atom. The topological polar surface area (TPSA) is 46.5 Å². The van der Waals surface area contributed by atoms with E-state index in [1.807, 2.05) is 0 Å². The Bertz CT molecular complexity index is 385. The van der Waals surface area contributed by atoms with Gasteiger partial charge in [-0.05, 0) is 18.2 Å². The third kappa shape index (κ3) is 2.39. The molecule has 1 N–H and O–H groups in total. The number of alkyl halides is 3. The minimum Gasteiger partial charge on any atom is -0.507 e. The lowest BCUT2D eigenvalue weighted by molar-refractivity contribution is -0.0886. The predicted octanol–water partition coefficient (Wildman–Crippen LogP) is 2.15. The van der Waals surface area contributed by atoms with Crippen LogP contribution in [0.4, 0.5) is 13.2 Å². The van der Waals surface area contributed by atoms with Crippen LogP contribution in [0.2, 0.25) is 0 Å². The molecule has 0 spiro atoms. The Labute approximate surface area is 83.1 Å². The quantitative estimate of drug-likeness (QED) is 0.776. The second kappa shape index (κ2) is 3.80. The number of aromatic hydroxyl groups is 1. The number of hydrogen-bond donors (Lipinski definition) is 1. The normalized spacial score (nSPS) is 11.2. The van der Waals surface area contributed by atoms with Crippen molar-refractivity contribution in [3.8, 4) is 11.5 Å². The fourth-order valence-electron chi connectivity index (χ4n) is 0.977. The first-order valence-corrected chi connectivity index (χ1v) is 3.85. The third-order valence-corrected chi connectivity index (χ3v) is 1.71. The summed E-state index contributed by atoms with van der Waals surface area (Å²) in [5.74, 6) is -2.75. The monoisotopic (exact) mass is 220 g/mol. The zero-order valence-corrected chi connectivity index (χ0v) is 7.63. The molecule has 0 heterocycles. The van der Waals surface area contributed by atoms with Crippen molar-refractivity contribution in [3.63, 3.8) is 0 Å². The van der Waals surface area contributed by atoms with Gasteiger partial charge in [-0.2, -0.15) is 13.2 Å². The number of rotatable bonds is 2. The van der Waals surface area contributed by atoms with Gasteiger partial charge in [0.2, 0.25) is 0 Å². The van der Waals surface area contributed by atoms with Crippen molar-refractivity contribution in [1.82, 2.24) is 0 Å². The highest BCUT2D eigenvalue weighted by atomic mass is 19.4. The molecule has 0 fully saturated rings. The molecule has 0 aliphatic heterocycles. The van der Waals surface area contributed by atoms with E-state index in [0.29, 0.717) is 0 Å². The van der Waals surface area contributed by atoms with Crippen molar-refractivity contribution < 1.29 is 27.8 Å². The smallest absolute Gasteiger partial charge is 0.455 e. The fourth-order valence-corrected chi connectivity index (χ4v) is 0.977. The molecule has 82 valence electrons. The highest BCUT2D eigenvalue weighted by molar-refractivity contribution is 6.02. The van der Waals surface area contributed by atoms with Crippen molar-refractivity contribution in [3.05, 3.63) is 23.8 Å². The average Bonchev–Trinajstić information content (AvgIpc) is 2.16. The molecule has 0 aliphatic carbocycles. The molecule has 0 radical (unpaired) electrons. The van der Waals surface area contributed by atoms with Gasteiger partial charge in [0, 0.05) is 0 Å². The number of ketones is 1. The van der Waals surface area contributed by atoms with Crippen molar-refractivity contribution in [1.29, 1.82) is 0 Å². The van der Waals surface area contributed by atoms with Gasteiger partial charge in [0.25, 0.3) is 5.78 Å². The van der Waals surface area contributed by atoms with E-state index < -0.39 is 23.3 Å². The second-order valence-corrected chi connectivity index (χ2v) is 2.71. The molecular weight excluding hydrogens is 213 g/mol. The number of phenolic OH excluding ortho intramolecular Hbond substituents is 1. The molecule has 1 aromatic rings. The van der Waals surface area contributed by atoms with Crippen molar-refractivity contribution in [2.75, 3.05) is 7.11 Å². The molecule has 0 bridgehead atoms. The van der Waals surface area contributed by atoms with Crippen molar-refractivity contribution in [2.45, 2.75) is 6.18 Å². The van der Waals surface area contributed by atoms with E-state index in [-0.39, 0.29) is 5.75 Å². The highest BCUT2D eigenvalue weighted by Crippen LogP contribution is 2.29. The predicted molar refractivity (Wildman–Crippen MR) is 45.0 cm³/mol. The summed E-state index contributed by atoms with van der Waals surface area (Å²) in [6, 6.07) is 3.06. The lowest BCUT2D eigenvalue weighted by Gasteiger charge is -2.08. The number of carbonyl (C=O) groups excluding carboxylic acids is 1. The van der Waals surface area contributed by atoms with Gasteiger partial charge in [0.1, 0.15) is 11.5 Å². The van der Waals surface area contributed by atoms with Crippen LogP contribution in [-0.2, 0) is 0 Å². The largest absolute Gasteiger partial charge is 0.507 e. The number of halogens is 3. The van der Waals surface area contributed by atoms with Gasteiger partial charge >= 0.3 is 6.18 Å². The van der Waals surface area contributed by atoms with Gasteiger partial charge in [-0.15, -0.1) is 0 Å². The van der Waals surface area contributed by atoms with Crippen molar-refractivity contribution >= 4 is 5.78 Å². The fraction of sp³-hybridized carbons (Fsp3) is 0.222. The van der Waals surface area contributed by atoms with Crippen LogP contribution in [0, 0.1) is 0 Å². The Balaban J connectivity index is 3.19. The molecule has 1 rings (SSSR count). The second-order valence-electron chi connectivity index (χ2n) is 2.71. The summed E-state index contributed by atoms with van der Waals surface area (Å²) >= 11 is 0. The lowest BCUT2D eigenvalue weighted by Crippen LogP contribution is -2.22. The summed E-state index contributed by atoms with van der Waals surface area (Å²) in [6.45, 7) is 0. The van der Waals surface area contributed by atoms with Gasteiger partial charge in [0.15, 0.2) is 0 Å². The van der Waals surface area contributed by atoms with E-state index in [0.717, 1.165) is 12.1 Å². The molecule has 0 saturated carbocycles. The Hall–Kier alpha value is -1.72. The standard InChI is InChI=1S/C9H7F3O3/c1-15-5-2-3-7(13)6(4-5)8(14)9(10,11)12/h2-4,13H,1H3. The van der Waals surface area contributed by atoms with E-state index >= 15 is 0 Å². The molecule has 0 aromatic heterocycles. The average molecular weight is 220 g/mol. The first-order chi connectivity index (χ1) is 6.86. The SMILES string of the molecule is COc1ccc(O)c(C(=O)C(F)(F)F)c1. The number of ether oxygens (including phenoxy) is 1. The van der Waals surface area contributed by atoms with Crippen LogP contribution in [0.1, 0.15) is 10.4 Å². The molecular formula is C9H7F3O3. The summed E-state index contributed by atoms with van der Waals surface area (Å²) in [4.78, 5) is 10.8. The summed E-state index contributed by atoms with van der Waals surface area (Å²) in [5, 5.41) is 9.09. The van der Waals surface area contributed by atoms with Crippen molar-refractivity contribution in [2.24, 2.45) is 0 Å². The maximum Gasteiger partial charge on any atom is 0.455 e. The Morgan fingerprint density at radius 1 is 1.40 bits per heavy atom. The lowest BCUT2D eigenvalue weighted by atomic mass is 10.1. The third-order valence-electron chi connectivity index (χ3n) is 1.71. The van der Waals surface area contributed by atoms with Crippen LogP contribution in [0.5, 0.6) is 11.5 Å². The molecule has 3 nitrogen and oxygen atoms in total. The molecule has 0 saturated heterocycles. The molecule has 6 heteroatoms. The summed E-state index contributed by atoms with van der Waals surface area (Å²) in [7, 11) is 1.24. The zero-order chi connectivity index (χ0) is 11.6. The van der Waals surface area contributed by atoms with Gasteiger partial charge in [0.05, 0.1) is 12.7 Å². The Morgan fingerprint density at radius 2 is 2.00 bits per heavy atom. The minimum atomic E-state index is -5.01. The molecule has 0 unspecified atom stereocenters. The molecule has 0 atom stereocenters. The first-order valence-electron chi connectivity index (χ1n) is 3.85.